The number of amides is 1. The lowest BCUT2D eigenvalue weighted by atomic mass is 10.0. The van der Waals surface area contributed by atoms with Crippen LogP contribution in [0, 0.1) is 0 Å². The van der Waals surface area contributed by atoms with Gasteiger partial charge in [-0.1, -0.05) is 30.3 Å². The number of aromatic nitrogens is 1. The molecule has 2 aromatic rings. The summed E-state index contributed by atoms with van der Waals surface area (Å²) in [5.74, 6) is 0.440. The smallest absolute Gasteiger partial charge is 0.407 e. The van der Waals surface area contributed by atoms with Gasteiger partial charge in [0.05, 0.1) is 32.0 Å². The molecule has 0 aliphatic carbocycles. The zero-order valence-electron chi connectivity index (χ0n) is 16.1. The van der Waals surface area contributed by atoms with Crippen LogP contribution < -0.4 is 10.3 Å². The van der Waals surface area contributed by atoms with Crippen LogP contribution in [0.1, 0.15) is 24.4 Å². The molecule has 0 spiro atoms. The number of carbonyl (C=O) groups is 1. The van der Waals surface area contributed by atoms with Crippen LogP contribution in [0.25, 0.3) is 0 Å². The SMILES string of the molecule is O=C(O)N1CCC(O)C(n2ccc(OCCCOCc3ccccc3)cc2=O)C1. The molecule has 1 saturated heterocycles. The van der Waals surface area contributed by atoms with E-state index >= 15 is 0 Å². The number of hydrogen-bond donors (Lipinski definition) is 2. The zero-order chi connectivity index (χ0) is 20.6. The number of aliphatic hydroxyl groups excluding tert-OH is 1. The Bertz CT molecular complexity index is 854. The molecule has 2 heterocycles. The number of piperidine rings is 1. The van der Waals surface area contributed by atoms with Crippen molar-refractivity contribution < 1.29 is 24.5 Å². The molecule has 29 heavy (non-hydrogen) atoms. The first-order chi connectivity index (χ1) is 14.0. The molecule has 3 rings (SSSR count). The van der Waals surface area contributed by atoms with Gasteiger partial charge in [0.2, 0.25) is 0 Å². The molecular weight excluding hydrogens is 376 g/mol. The highest BCUT2D eigenvalue weighted by Gasteiger charge is 2.31. The Kier molecular flexibility index (Phi) is 7.26. The van der Waals surface area contributed by atoms with Gasteiger partial charge in [-0.25, -0.2) is 4.79 Å². The Morgan fingerprint density at radius 3 is 2.69 bits per heavy atom. The number of carboxylic acid groups (broad SMARTS) is 1. The van der Waals surface area contributed by atoms with Gasteiger partial charge in [0.15, 0.2) is 0 Å². The first kappa shape index (κ1) is 20.9. The minimum atomic E-state index is -1.05. The minimum absolute atomic E-state index is 0.0787. The van der Waals surface area contributed by atoms with Gasteiger partial charge in [0.1, 0.15) is 5.75 Å². The van der Waals surface area contributed by atoms with Crippen molar-refractivity contribution in [3.05, 3.63) is 64.6 Å². The fraction of sp³-hybridized carbons (Fsp3) is 0.429. The van der Waals surface area contributed by atoms with E-state index in [1.807, 2.05) is 30.3 Å². The molecule has 1 aliphatic heterocycles. The van der Waals surface area contributed by atoms with E-state index < -0.39 is 18.2 Å². The summed E-state index contributed by atoms with van der Waals surface area (Å²) >= 11 is 0. The lowest BCUT2D eigenvalue weighted by Gasteiger charge is -2.35. The van der Waals surface area contributed by atoms with Crippen molar-refractivity contribution in [2.24, 2.45) is 0 Å². The molecule has 2 N–H and O–H groups in total. The summed E-state index contributed by atoms with van der Waals surface area (Å²) < 4.78 is 12.6. The van der Waals surface area contributed by atoms with E-state index in [1.165, 1.54) is 15.5 Å². The zero-order valence-corrected chi connectivity index (χ0v) is 16.1. The van der Waals surface area contributed by atoms with Crippen molar-refractivity contribution in [1.29, 1.82) is 0 Å². The van der Waals surface area contributed by atoms with E-state index in [2.05, 4.69) is 0 Å². The lowest BCUT2D eigenvalue weighted by Crippen LogP contribution is -2.48. The van der Waals surface area contributed by atoms with Crippen molar-refractivity contribution in [2.75, 3.05) is 26.3 Å². The van der Waals surface area contributed by atoms with Gasteiger partial charge in [-0.05, 0) is 18.1 Å². The predicted molar refractivity (Wildman–Crippen MR) is 106 cm³/mol. The van der Waals surface area contributed by atoms with Gasteiger partial charge in [-0.15, -0.1) is 0 Å². The number of pyridine rings is 1. The van der Waals surface area contributed by atoms with Crippen LogP contribution in [0.4, 0.5) is 4.79 Å². The Morgan fingerprint density at radius 1 is 1.17 bits per heavy atom. The summed E-state index contributed by atoms with van der Waals surface area (Å²) in [7, 11) is 0. The van der Waals surface area contributed by atoms with Gasteiger partial charge in [-0.2, -0.15) is 0 Å². The molecular formula is C21H26N2O6. The standard InChI is InChI=1S/C21H26N2O6/c24-19-8-9-22(21(26)27)14-18(19)23-10-7-17(13-20(23)25)29-12-4-11-28-15-16-5-2-1-3-6-16/h1-3,5-7,10,13,18-19,24H,4,8-9,11-12,14-15H2,(H,26,27). The molecule has 8 heteroatoms. The normalized spacial score (nSPS) is 19.1. The maximum absolute atomic E-state index is 12.4. The average molecular weight is 402 g/mol. The highest BCUT2D eigenvalue weighted by atomic mass is 16.5. The molecule has 1 aromatic carbocycles. The van der Waals surface area contributed by atoms with Crippen LogP contribution >= 0.6 is 0 Å². The second-order valence-electron chi connectivity index (χ2n) is 7.00. The minimum Gasteiger partial charge on any atom is -0.493 e. The number of rotatable bonds is 8. The number of likely N-dealkylation sites (tertiary alicyclic amines) is 1. The number of hydrogen-bond acceptors (Lipinski definition) is 5. The van der Waals surface area contributed by atoms with E-state index in [9.17, 15) is 14.7 Å². The maximum Gasteiger partial charge on any atom is 0.407 e. The fourth-order valence-electron chi connectivity index (χ4n) is 3.32. The molecule has 1 aromatic heterocycles. The van der Waals surface area contributed by atoms with Crippen molar-refractivity contribution >= 4 is 6.09 Å². The molecule has 156 valence electrons. The number of nitrogens with zero attached hydrogens (tertiary/aromatic N) is 2. The summed E-state index contributed by atoms with van der Waals surface area (Å²) in [5, 5.41) is 19.4. The first-order valence-corrected chi connectivity index (χ1v) is 9.67. The van der Waals surface area contributed by atoms with Crippen LogP contribution in [0.5, 0.6) is 5.75 Å². The molecule has 2 atom stereocenters. The number of ether oxygens (including phenoxy) is 2. The Labute approximate surface area is 168 Å². The van der Waals surface area contributed by atoms with Crippen LogP contribution in [0.2, 0.25) is 0 Å². The topological polar surface area (TPSA) is 101 Å². The van der Waals surface area contributed by atoms with E-state index in [0.717, 1.165) is 5.56 Å². The molecule has 0 saturated carbocycles. The Balaban J connectivity index is 1.46. The van der Waals surface area contributed by atoms with Gasteiger partial charge < -0.3 is 29.2 Å². The van der Waals surface area contributed by atoms with Crippen LogP contribution in [0.15, 0.2) is 53.5 Å². The van der Waals surface area contributed by atoms with E-state index in [4.69, 9.17) is 14.6 Å². The van der Waals surface area contributed by atoms with Gasteiger partial charge in [-0.3, -0.25) is 4.79 Å². The fourth-order valence-corrected chi connectivity index (χ4v) is 3.32. The van der Waals surface area contributed by atoms with Crippen molar-refractivity contribution in [3.8, 4) is 5.75 Å². The summed E-state index contributed by atoms with van der Waals surface area (Å²) in [4.78, 5) is 24.8. The number of benzene rings is 1. The van der Waals surface area contributed by atoms with E-state index in [1.54, 1.807) is 12.3 Å². The van der Waals surface area contributed by atoms with E-state index in [-0.39, 0.29) is 18.6 Å². The molecule has 1 amide bonds. The van der Waals surface area contributed by atoms with E-state index in [0.29, 0.717) is 38.4 Å². The molecule has 8 nitrogen and oxygen atoms in total. The van der Waals surface area contributed by atoms with Crippen LogP contribution in [-0.2, 0) is 11.3 Å². The Hall–Kier alpha value is -2.84. The second kappa shape index (κ2) is 10.1. The van der Waals surface area contributed by atoms with Crippen LogP contribution in [0.3, 0.4) is 0 Å². The summed E-state index contributed by atoms with van der Waals surface area (Å²) in [6.07, 6.45) is 0.708. The molecule has 1 fully saturated rings. The largest absolute Gasteiger partial charge is 0.493 e. The third kappa shape index (κ3) is 5.82. The van der Waals surface area contributed by atoms with Crippen molar-refractivity contribution in [3.63, 3.8) is 0 Å². The summed E-state index contributed by atoms with van der Waals surface area (Å²) in [5.41, 5.74) is 0.780. The highest BCUT2D eigenvalue weighted by molar-refractivity contribution is 5.65. The predicted octanol–water partition coefficient (Wildman–Crippen LogP) is 2.12. The van der Waals surface area contributed by atoms with Gasteiger partial charge in [0, 0.05) is 31.8 Å². The quantitative estimate of drug-likeness (QED) is 0.656. The molecule has 1 aliphatic rings. The lowest BCUT2D eigenvalue weighted by molar-refractivity contribution is 0.0334. The summed E-state index contributed by atoms with van der Waals surface area (Å²) in [6.45, 7) is 1.85. The van der Waals surface area contributed by atoms with Gasteiger partial charge in [0.25, 0.3) is 5.56 Å². The third-order valence-electron chi connectivity index (χ3n) is 4.91. The maximum atomic E-state index is 12.4. The highest BCUT2D eigenvalue weighted by Crippen LogP contribution is 2.21. The van der Waals surface area contributed by atoms with Crippen molar-refractivity contribution in [2.45, 2.75) is 31.6 Å². The first-order valence-electron chi connectivity index (χ1n) is 9.67. The monoisotopic (exact) mass is 402 g/mol. The molecule has 0 radical (unpaired) electrons. The van der Waals surface area contributed by atoms with Crippen LogP contribution in [-0.4, -0.2) is 58.2 Å². The molecule has 0 bridgehead atoms. The van der Waals surface area contributed by atoms with Crippen molar-refractivity contribution in [1.82, 2.24) is 9.47 Å². The summed E-state index contributed by atoms with van der Waals surface area (Å²) in [6, 6.07) is 12.3. The second-order valence-corrected chi connectivity index (χ2v) is 7.00. The number of aliphatic hydroxyl groups is 1. The average Bonchev–Trinajstić information content (AvgIpc) is 2.72. The third-order valence-corrected chi connectivity index (χ3v) is 4.91. The molecule has 2 unspecified atom stereocenters. The Morgan fingerprint density at radius 2 is 1.97 bits per heavy atom. The van der Waals surface area contributed by atoms with Gasteiger partial charge >= 0.3 is 6.09 Å².